The Morgan fingerprint density at radius 2 is 1.81 bits per heavy atom. The smallest absolute Gasteiger partial charge is 0.230 e. The molecule has 1 aromatic heterocycles. The van der Waals surface area contributed by atoms with Crippen LogP contribution in [-0.4, -0.2) is 9.97 Å². The lowest BCUT2D eigenvalue weighted by atomic mass is 10.1. The number of ether oxygens (including phenoxy) is 1. The lowest BCUT2D eigenvalue weighted by molar-refractivity contribution is 0.460. The first-order valence-corrected chi connectivity index (χ1v) is 6.99. The molecule has 4 heteroatoms. The Morgan fingerprint density at radius 3 is 2.57 bits per heavy atom. The van der Waals surface area contributed by atoms with Crippen LogP contribution in [0.5, 0.6) is 11.6 Å². The third kappa shape index (κ3) is 2.71. The van der Waals surface area contributed by atoms with Crippen LogP contribution in [0.3, 0.4) is 0 Å². The highest BCUT2D eigenvalue weighted by Gasteiger charge is 2.12. The van der Waals surface area contributed by atoms with E-state index in [1.165, 1.54) is 0 Å². The first kappa shape index (κ1) is 13.5. The average molecular weight is 294 g/mol. The molecule has 0 aliphatic heterocycles. The van der Waals surface area contributed by atoms with Crippen molar-refractivity contribution in [2.24, 2.45) is 5.73 Å². The van der Waals surface area contributed by atoms with Crippen LogP contribution in [0, 0.1) is 6.92 Å². The Labute approximate surface area is 128 Å². The Bertz CT molecular complexity index is 830. The van der Waals surface area contributed by atoms with E-state index in [-0.39, 0.29) is 4.99 Å². The maximum Gasteiger partial charge on any atom is 0.230 e. The molecule has 0 aliphatic carbocycles. The molecule has 3 nitrogen and oxygen atoms in total. The second-order valence-corrected chi connectivity index (χ2v) is 5.21. The normalized spacial score (nSPS) is 10.5. The van der Waals surface area contributed by atoms with E-state index in [1.54, 1.807) is 0 Å². The summed E-state index contributed by atoms with van der Waals surface area (Å²) in [5.41, 5.74) is 8.33. The number of para-hydroxylation sites is 2. The number of aromatic nitrogens is 1. The van der Waals surface area contributed by atoms with Crippen LogP contribution in [0.25, 0.3) is 10.9 Å². The van der Waals surface area contributed by atoms with Crippen molar-refractivity contribution < 1.29 is 4.74 Å². The van der Waals surface area contributed by atoms with E-state index in [0.29, 0.717) is 11.4 Å². The molecule has 1 heterocycles. The van der Waals surface area contributed by atoms with E-state index < -0.39 is 0 Å². The lowest BCUT2D eigenvalue weighted by Gasteiger charge is -2.12. The van der Waals surface area contributed by atoms with Gasteiger partial charge in [0.2, 0.25) is 5.88 Å². The van der Waals surface area contributed by atoms with Gasteiger partial charge in [-0.25, -0.2) is 4.98 Å². The minimum absolute atomic E-state index is 0.275. The van der Waals surface area contributed by atoms with Gasteiger partial charge in [0.25, 0.3) is 0 Å². The molecule has 0 aliphatic rings. The standard InChI is InChI=1S/C17H14N2OS/c1-11-6-2-5-9-15(11)20-17-13(16(18)21)10-12-7-3-4-8-14(12)19-17/h2-10H,1H3,(H2,18,21). The van der Waals surface area contributed by atoms with Gasteiger partial charge < -0.3 is 10.5 Å². The third-order valence-electron chi connectivity index (χ3n) is 3.25. The van der Waals surface area contributed by atoms with Gasteiger partial charge in [-0.2, -0.15) is 0 Å². The Morgan fingerprint density at radius 1 is 1.10 bits per heavy atom. The van der Waals surface area contributed by atoms with Gasteiger partial charge in [0, 0.05) is 5.39 Å². The van der Waals surface area contributed by atoms with Crippen molar-refractivity contribution >= 4 is 28.1 Å². The fourth-order valence-electron chi connectivity index (χ4n) is 2.13. The van der Waals surface area contributed by atoms with Crippen molar-refractivity contribution in [1.29, 1.82) is 0 Å². The molecule has 0 saturated carbocycles. The van der Waals surface area contributed by atoms with E-state index in [9.17, 15) is 0 Å². The Kier molecular flexibility index (Phi) is 3.54. The summed E-state index contributed by atoms with van der Waals surface area (Å²) < 4.78 is 5.93. The molecule has 2 N–H and O–H groups in total. The summed E-state index contributed by atoms with van der Waals surface area (Å²) >= 11 is 5.12. The van der Waals surface area contributed by atoms with E-state index in [4.69, 9.17) is 22.7 Å². The summed E-state index contributed by atoms with van der Waals surface area (Å²) in [4.78, 5) is 4.82. The fraction of sp³-hybridized carbons (Fsp3) is 0.0588. The molecule has 0 bridgehead atoms. The molecule has 0 amide bonds. The van der Waals surface area contributed by atoms with Crippen molar-refractivity contribution in [3.63, 3.8) is 0 Å². The summed E-state index contributed by atoms with van der Waals surface area (Å²) in [6.07, 6.45) is 0. The lowest BCUT2D eigenvalue weighted by Crippen LogP contribution is -2.12. The van der Waals surface area contributed by atoms with Crippen LogP contribution in [0.15, 0.2) is 54.6 Å². The third-order valence-corrected chi connectivity index (χ3v) is 3.47. The number of hydrogen-bond acceptors (Lipinski definition) is 3. The van der Waals surface area contributed by atoms with Crippen LogP contribution < -0.4 is 10.5 Å². The highest BCUT2D eigenvalue weighted by molar-refractivity contribution is 7.80. The number of nitrogens with two attached hydrogens (primary N) is 1. The molecule has 0 saturated heterocycles. The summed E-state index contributed by atoms with van der Waals surface area (Å²) in [7, 11) is 0. The van der Waals surface area contributed by atoms with E-state index in [0.717, 1.165) is 22.2 Å². The van der Waals surface area contributed by atoms with Gasteiger partial charge in [-0.1, -0.05) is 48.6 Å². The molecular formula is C17H14N2OS. The SMILES string of the molecule is Cc1ccccc1Oc1nc2ccccc2cc1C(N)=S. The number of nitrogens with zero attached hydrogens (tertiary/aromatic N) is 1. The number of aryl methyl sites for hydroxylation is 1. The maximum absolute atomic E-state index is 5.93. The topological polar surface area (TPSA) is 48.1 Å². The van der Waals surface area contributed by atoms with Crippen LogP contribution in [-0.2, 0) is 0 Å². The first-order valence-electron chi connectivity index (χ1n) is 6.58. The largest absolute Gasteiger partial charge is 0.438 e. The van der Waals surface area contributed by atoms with Gasteiger partial charge in [-0.15, -0.1) is 0 Å². The van der Waals surface area contributed by atoms with Crippen molar-refractivity contribution in [1.82, 2.24) is 4.98 Å². The molecule has 0 radical (unpaired) electrons. The summed E-state index contributed by atoms with van der Waals surface area (Å²) in [5.74, 6) is 1.19. The number of fused-ring (bicyclic) bond motifs is 1. The predicted octanol–water partition coefficient (Wildman–Crippen LogP) is 3.97. The summed E-state index contributed by atoms with van der Waals surface area (Å²) in [6, 6.07) is 17.5. The Balaban J connectivity index is 2.14. The highest BCUT2D eigenvalue weighted by atomic mass is 32.1. The quantitative estimate of drug-likeness (QED) is 0.743. The van der Waals surface area contributed by atoms with E-state index >= 15 is 0 Å². The Hall–Kier alpha value is -2.46. The molecule has 0 spiro atoms. The van der Waals surface area contributed by atoms with Crippen molar-refractivity contribution in [3.05, 3.63) is 65.7 Å². The van der Waals surface area contributed by atoms with Crippen molar-refractivity contribution in [2.75, 3.05) is 0 Å². The minimum Gasteiger partial charge on any atom is -0.438 e. The van der Waals surface area contributed by atoms with Gasteiger partial charge in [-0.3, -0.25) is 0 Å². The number of pyridine rings is 1. The molecule has 21 heavy (non-hydrogen) atoms. The molecule has 0 unspecified atom stereocenters. The minimum atomic E-state index is 0.275. The second-order valence-electron chi connectivity index (χ2n) is 4.77. The van der Waals surface area contributed by atoms with Gasteiger partial charge in [0.1, 0.15) is 10.7 Å². The molecule has 104 valence electrons. The van der Waals surface area contributed by atoms with Crippen molar-refractivity contribution in [2.45, 2.75) is 6.92 Å². The zero-order valence-electron chi connectivity index (χ0n) is 11.5. The van der Waals surface area contributed by atoms with Crippen LogP contribution >= 0.6 is 12.2 Å². The van der Waals surface area contributed by atoms with Gasteiger partial charge in [0.05, 0.1) is 11.1 Å². The molecule has 3 rings (SSSR count). The number of benzene rings is 2. The highest BCUT2D eigenvalue weighted by Crippen LogP contribution is 2.28. The molecular weight excluding hydrogens is 280 g/mol. The molecule has 2 aromatic carbocycles. The van der Waals surface area contributed by atoms with E-state index in [2.05, 4.69) is 4.98 Å². The van der Waals surface area contributed by atoms with Crippen LogP contribution in [0.4, 0.5) is 0 Å². The van der Waals surface area contributed by atoms with Gasteiger partial charge in [0.15, 0.2) is 0 Å². The number of thiocarbonyl (C=S) groups is 1. The van der Waals surface area contributed by atoms with Crippen LogP contribution in [0.1, 0.15) is 11.1 Å². The van der Waals surface area contributed by atoms with Gasteiger partial charge >= 0.3 is 0 Å². The predicted molar refractivity (Wildman–Crippen MR) is 88.9 cm³/mol. The van der Waals surface area contributed by atoms with Gasteiger partial charge in [-0.05, 0) is 30.7 Å². The van der Waals surface area contributed by atoms with Crippen molar-refractivity contribution in [3.8, 4) is 11.6 Å². The summed E-state index contributed by atoms with van der Waals surface area (Å²) in [5, 5.41) is 0.984. The summed E-state index contributed by atoms with van der Waals surface area (Å²) in [6.45, 7) is 1.98. The molecule has 0 fully saturated rings. The number of hydrogen-bond donors (Lipinski definition) is 1. The fourth-order valence-corrected chi connectivity index (χ4v) is 2.27. The zero-order chi connectivity index (χ0) is 14.8. The van der Waals surface area contributed by atoms with E-state index in [1.807, 2.05) is 61.5 Å². The molecule has 0 atom stereocenters. The average Bonchev–Trinajstić information content (AvgIpc) is 2.48. The monoisotopic (exact) mass is 294 g/mol. The first-order chi connectivity index (χ1) is 10.1. The molecule has 3 aromatic rings. The zero-order valence-corrected chi connectivity index (χ0v) is 12.4. The van der Waals surface area contributed by atoms with Crippen LogP contribution in [0.2, 0.25) is 0 Å². The second kappa shape index (κ2) is 5.50. The maximum atomic E-state index is 5.93. The number of rotatable bonds is 3.